The first kappa shape index (κ1) is 11.7. The number of aryl methyl sites for hydroxylation is 1. The predicted molar refractivity (Wildman–Crippen MR) is 60.2 cm³/mol. The van der Waals surface area contributed by atoms with Gasteiger partial charge < -0.3 is 5.73 Å². The number of aromatic nitrogens is 2. The third-order valence-electron chi connectivity index (χ3n) is 1.60. The van der Waals surface area contributed by atoms with E-state index in [1.165, 1.54) is 22.9 Å². The lowest BCUT2D eigenvalue weighted by molar-refractivity contribution is 0.0882. The molecule has 0 atom stereocenters. The Kier molecular flexibility index (Phi) is 3.48. The van der Waals surface area contributed by atoms with Crippen LogP contribution in [0.4, 0.5) is 0 Å². The molecule has 82 valence electrons. The molecule has 15 heavy (non-hydrogen) atoms. The van der Waals surface area contributed by atoms with Gasteiger partial charge in [-0.25, -0.2) is 0 Å². The molecule has 1 amide bonds. The van der Waals surface area contributed by atoms with Gasteiger partial charge in [0.05, 0.1) is 5.02 Å². The van der Waals surface area contributed by atoms with Gasteiger partial charge in [-0.2, -0.15) is 5.10 Å². The fraction of sp³-hybridized carbons (Fsp3) is 0.286. The minimum atomic E-state index is -0.462. The van der Waals surface area contributed by atoms with Crippen LogP contribution in [-0.2, 0) is 7.05 Å². The van der Waals surface area contributed by atoms with E-state index in [1.807, 2.05) is 0 Å². The summed E-state index contributed by atoms with van der Waals surface area (Å²) in [6.45, 7) is 0. The third kappa shape index (κ3) is 2.80. The Balaban J connectivity index is 2.77. The van der Waals surface area contributed by atoms with E-state index < -0.39 is 5.91 Å². The summed E-state index contributed by atoms with van der Waals surface area (Å²) in [5.74, 6) is -0.462. The monoisotopic (exact) mass is 247 g/mol. The summed E-state index contributed by atoms with van der Waals surface area (Å²) in [6, 6.07) is 0. The molecule has 0 aliphatic heterocycles. The van der Waals surface area contributed by atoms with E-state index in [0.29, 0.717) is 0 Å². The number of nitrogens with one attached hydrogen (secondary N) is 1. The molecule has 0 aliphatic carbocycles. The van der Waals surface area contributed by atoms with Crippen LogP contribution in [0.25, 0.3) is 0 Å². The van der Waals surface area contributed by atoms with Gasteiger partial charge in [0.15, 0.2) is 10.8 Å². The second-order valence-corrected chi connectivity index (χ2v) is 3.66. The normalized spacial score (nSPS) is 9.80. The standard InChI is InChI=1S/C7H10ClN5OS/c1-12-3-4(8)5(10-12)6(14)11-13(2)7(9)15/h3H,1-2H3,(H2,9,15)(H,11,14). The lowest BCUT2D eigenvalue weighted by Gasteiger charge is -2.16. The van der Waals surface area contributed by atoms with Crippen molar-refractivity contribution >= 4 is 34.8 Å². The highest BCUT2D eigenvalue weighted by Gasteiger charge is 2.16. The summed E-state index contributed by atoms with van der Waals surface area (Å²) in [7, 11) is 3.19. The first-order chi connectivity index (χ1) is 6.91. The van der Waals surface area contributed by atoms with E-state index in [2.05, 4.69) is 22.7 Å². The number of carbonyl (C=O) groups excluding carboxylic acids is 1. The van der Waals surface area contributed by atoms with E-state index in [9.17, 15) is 4.79 Å². The Morgan fingerprint density at radius 2 is 2.40 bits per heavy atom. The summed E-state index contributed by atoms with van der Waals surface area (Å²) in [6.07, 6.45) is 1.53. The van der Waals surface area contributed by atoms with Gasteiger partial charge in [-0.3, -0.25) is 19.9 Å². The smallest absolute Gasteiger partial charge is 0.291 e. The molecule has 1 aromatic heterocycles. The van der Waals surface area contributed by atoms with E-state index in [-0.39, 0.29) is 15.8 Å². The molecule has 0 spiro atoms. The van der Waals surface area contributed by atoms with Crippen molar-refractivity contribution in [1.82, 2.24) is 20.2 Å². The fourth-order valence-corrected chi connectivity index (χ4v) is 1.18. The number of halogens is 1. The molecule has 0 fully saturated rings. The summed E-state index contributed by atoms with van der Waals surface area (Å²) in [5.41, 5.74) is 7.83. The van der Waals surface area contributed by atoms with E-state index >= 15 is 0 Å². The van der Waals surface area contributed by atoms with Crippen LogP contribution in [0.5, 0.6) is 0 Å². The molecule has 1 heterocycles. The van der Waals surface area contributed by atoms with Gasteiger partial charge in [-0.05, 0) is 12.2 Å². The number of rotatable bonds is 1. The van der Waals surface area contributed by atoms with Crippen molar-refractivity contribution in [3.63, 3.8) is 0 Å². The molecular formula is C7H10ClN5OS. The number of nitrogens with two attached hydrogens (primary N) is 1. The number of nitrogens with zero attached hydrogens (tertiary/aromatic N) is 3. The number of carbonyl (C=O) groups is 1. The Hall–Kier alpha value is -1.34. The van der Waals surface area contributed by atoms with Gasteiger partial charge >= 0.3 is 0 Å². The third-order valence-corrected chi connectivity index (χ3v) is 2.15. The second kappa shape index (κ2) is 4.45. The number of hydrazine groups is 1. The minimum Gasteiger partial charge on any atom is -0.375 e. The number of amides is 1. The van der Waals surface area contributed by atoms with Crippen molar-refractivity contribution in [2.24, 2.45) is 12.8 Å². The molecule has 0 saturated carbocycles. The Bertz CT molecular complexity index is 404. The lowest BCUT2D eigenvalue weighted by atomic mass is 10.4. The molecule has 0 radical (unpaired) electrons. The summed E-state index contributed by atoms with van der Waals surface area (Å²) < 4.78 is 1.44. The predicted octanol–water partition coefficient (Wildman–Crippen LogP) is -0.106. The zero-order chi connectivity index (χ0) is 11.6. The molecule has 3 N–H and O–H groups in total. The van der Waals surface area contributed by atoms with Crippen LogP contribution >= 0.6 is 23.8 Å². The Morgan fingerprint density at radius 1 is 1.80 bits per heavy atom. The Morgan fingerprint density at radius 3 is 2.80 bits per heavy atom. The van der Waals surface area contributed by atoms with Crippen molar-refractivity contribution in [3.8, 4) is 0 Å². The molecular weight excluding hydrogens is 238 g/mol. The quantitative estimate of drug-likeness (QED) is 0.535. The molecule has 8 heteroatoms. The van der Waals surface area contributed by atoms with E-state index in [1.54, 1.807) is 7.05 Å². The number of hydrogen-bond acceptors (Lipinski definition) is 3. The Labute approximate surface area is 96.9 Å². The highest BCUT2D eigenvalue weighted by atomic mass is 35.5. The number of hydrogen-bond donors (Lipinski definition) is 2. The van der Waals surface area contributed by atoms with Crippen molar-refractivity contribution in [2.45, 2.75) is 0 Å². The zero-order valence-electron chi connectivity index (χ0n) is 8.19. The average molecular weight is 248 g/mol. The first-order valence-corrected chi connectivity index (χ1v) is 4.73. The summed E-state index contributed by atoms with van der Waals surface area (Å²) in [5, 5.41) is 5.42. The second-order valence-electron chi connectivity index (χ2n) is 2.84. The van der Waals surface area contributed by atoms with Crippen molar-refractivity contribution in [2.75, 3.05) is 7.05 Å². The lowest BCUT2D eigenvalue weighted by Crippen LogP contribution is -2.46. The van der Waals surface area contributed by atoms with E-state index in [4.69, 9.17) is 17.3 Å². The summed E-state index contributed by atoms with van der Waals surface area (Å²) in [4.78, 5) is 11.6. The minimum absolute atomic E-state index is 0.0513. The van der Waals surface area contributed by atoms with Crippen LogP contribution in [0.2, 0.25) is 5.02 Å². The molecule has 0 unspecified atom stereocenters. The van der Waals surface area contributed by atoms with Gasteiger partial charge in [0.2, 0.25) is 0 Å². The van der Waals surface area contributed by atoms with Crippen LogP contribution in [0.3, 0.4) is 0 Å². The van der Waals surface area contributed by atoms with Crippen LogP contribution in [0.1, 0.15) is 10.5 Å². The summed E-state index contributed by atoms with van der Waals surface area (Å²) >= 11 is 10.4. The zero-order valence-corrected chi connectivity index (χ0v) is 9.76. The molecule has 0 aliphatic rings. The highest BCUT2D eigenvalue weighted by Crippen LogP contribution is 2.12. The topological polar surface area (TPSA) is 76.2 Å². The van der Waals surface area contributed by atoms with Gasteiger partial charge in [0.25, 0.3) is 5.91 Å². The maximum absolute atomic E-state index is 11.6. The highest BCUT2D eigenvalue weighted by molar-refractivity contribution is 7.80. The van der Waals surface area contributed by atoms with Crippen LogP contribution in [0, 0.1) is 0 Å². The molecule has 1 rings (SSSR count). The SMILES string of the molecule is CN(NC(=O)c1nn(C)cc1Cl)C(N)=S. The van der Waals surface area contributed by atoms with Crippen LogP contribution in [-0.4, -0.2) is 32.9 Å². The van der Waals surface area contributed by atoms with Crippen LogP contribution in [0.15, 0.2) is 6.20 Å². The maximum atomic E-state index is 11.6. The van der Waals surface area contributed by atoms with Gasteiger partial charge in [0, 0.05) is 20.3 Å². The van der Waals surface area contributed by atoms with Crippen molar-refractivity contribution in [3.05, 3.63) is 16.9 Å². The molecule has 1 aromatic rings. The van der Waals surface area contributed by atoms with Crippen LogP contribution < -0.4 is 11.2 Å². The van der Waals surface area contributed by atoms with Gasteiger partial charge in [-0.1, -0.05) is 11.6 Å². The molecule has 6 nitrogen and oxygen atoms in total. The maximum Gasteiger partial charge on any atom is 0.291 e. The molecule has 0 bridgehead atoms. The van der Waals surface area contributed by atoms with Gasteiger partial charge in [-0.15, -0.1) is 0 Å². The average Bonchev–Trinajstić information content (AvgIpc) is 2.44. The fourth-order valence-electron chi connectivity index (χ4n) is 0.874. The van der Waals surface area contributed by atoms with Gasteiger partial charge in [0.1, 0.15) is 0 Å². The van der Waals surface area contributed by atoms with Crippen molar-refractivity contribution in [1.29, 1.82) is 0 Å². The van der Waals surface area contributed by atoms with E-state index in [0.717, 1.165) is 0 Å². The number of thiocarbonyl (C=S) groups is 1. The first-order valence-electron chi connectivity index (χ1n) is 3.95. The largest absolute Gasteiger partial charge is 0.375 e. The van der Waals surface area contributed by atoms with Crippen molar-refractivity contribution < 1.29 is 4.79 Å². The molecule has 0 aromatic carbocycles. The molecule has 0 saturated heterocycles.